The van der Waals surface area contributed by atoms with E-state index in [0.29, 0.717) is 21.8 Å². The molecular weight excluding hydrogens is 691 g/mol. The summed E-state index contributed by atoms with van der Waals surface area (Å²) in [5.41, 5.74) is 5.78. The molecule has 1 aliphatic carbocycles. The fourth-order valence-corrected chi connectivity index (χ4v) is 8.13. The summed E-state index contributed by atoms with van der Waals surface area (Å²) in [6.07, 6.45) is 7.29. The number of aryl methyl sites for hydroxylation is 3. The molecule has 10 nitrogen and oxygen atoms in total. The number of hydrogen-bond donors (Lipinski definition) is 4. The summed E-state index contributed by atoms with van der Waals surface area (Å²) in [5, 5.41) is 24.8. The Balaban J connectivity index is 1.25. The molecule has 0 fully saturated rings. The number of nitrogens with zero attached hydrogens (tertiary/aromatic N) is 1. The Morgan fingerprint density at radius 3 is 2.06 bits per heavy atom. The van der Waals surface area contributed by atoms with E-state index in [0.717, 1.165) is 84.9 Å². The Morgan fingerprint density at radius 1 is 0.755 bits per heavy atom. The average molecular weight is 738 g/mol. The van der Waals surface area contributed by atoms with Crippen molar-refractivity contribution in [1.29, 1.82) is 0 Å². The summed E-state index contributed by atoms with van der Waals surface area (Å²) >= 11 is 1.45. The number of fused-ring (bicyclic) bond motifs is 1. The van der Waals surface area contributed by atoms with Crippen LogP contribution in [0.15, 0.2) is 72.8 Å². The lowest BCUT2D eigenvalue weighted by Gasteiger charge is -2.31. The van der Waals surface area contributed by atoms with Crippen molar-refractivity contribution in [2.75, 3.05) is 10.6 Å². The van der Waals surface area contributed by atoms with Crippen molar-refractivity contribution in [3.63, 3.8) is 0 Å². The second-order valence-corrected chi connectivity index (χ2v) is 14.6. The highest BCUT2D eigenvalue weighted by Gasteiger charge is 2.27. The lowest BCUT2D eigenvalue weighted by Crippen LogP contribution is -2.39. The van der Waals surface area contributed by atoms with E-state index in [-0.39, 0.29) is 48.7 Å². The zero-order valence-electron chi connectivity index (χ0n) is 30.3. The first-order chi connectivity index (χ1) is 25.6. The number of nitrogens with one attached hydrogen (secondary N) is 2. The predicted octanol–water partition coefficient (Wildman–Crippen LogP) is 8.39. The molecule has 278 valence electrons. The number of carboxylic acid groups (broad SMARTS) is 2. The molecule has 0 atom stereocenters. The first-order valence-electron chi connectivity index (χ1n) is 18.3. The number of anilines is 2. The van der Waals surface area contributed by atoms with Gasteiger partial charge >= 0.3 is 11.9 Å². The normalized spacial score (nSPS) is 12.2. The highest BCUT2D eigenvalue weighted by Crippen LogP contribution is 2.39. The van der Waals surface area contributed by atoms with Crippen molar-refractivity contribution in [1.82, 2.24) is 4.90 Å². The third kappa shape index (κ3) is 10.4. The molecule has 0 spiro atoms. The summed E-state index contributed by atoms with van der Waals surface area (Å²) in [5.74, 6) is -2.81. The van der Waals surface area contributed by atoms with Gasteiger partial charge in [-0.05, 0) is 116 Å². The van der Waals surface area contributed by atoms with E-state index in [1.54, 1.807) is 35.2 Å². The van der Waals surface area contributed by atoms with Gasteiger partial charge in [0.1, 0.15) is 5.00 Å². The van der Waals surface area contributed by atoms with Crippen molar-refractivity contribution in [3.05, 3.63) is 117 Å². The number of thiophene rings is 1. The van der Waals surface area contributed by atoms with Crippen LogP contribution in [0.25, 0.3) is 0 Å². The summed E-state index contributed by atoms with van der Waals surface area (Å²) in [4.78, 5) is 65.7. The first kappa shape index (κ1) is 38.9. The molecule has 4 N–H and O–H groups in total. The van der Waals surface area contributed by atoms with Crippen molar-refractivity contribution < 1.29 is 34.2 Å². The molecule has 1 aliphatic rings. The second kappa shape index (κ2) is 18.5. The number of rotatable bonds is 17. The smallest absolute Gasteiger partial charge is 0.335 e. The minimum atomic E-state index is -1.02. The van der Waals surface area contributed by atoms with Crippen LogP contribution >= 0.6 is 11.3 Å². The van der Waals surface area contributed by atoms with Crippen LogP contribution in [-0.2, 0) is 41.8 Å². The molecule has 0 saturated heterocycles. The number of amides is 3. The predicted molar refractivity (Wildman–Crippen MR) is 207 cm³/mol. The summed E-state index contributed by atoms with van der Waals surface area (Å²) in [6.45, 7) is 4.25. The van der Waals surface area contributed by atoms with E-state index in [1.807, 2.05) is 56.3 Å². The molecule has 4 aromatic rings. The van der Waals surface area contributed by atoms with Crippen LogP contribution in [0.5, 0.6) is 0 Å². The molecular formula is C42H47N3O7S. The Bertz CT molecular complexity index is 1930. The van der Waals surface area contributed by atoms with Crippen molar-refractivity contribution in [2.24, 2.45) is 0 Å². The number of aliphatic carboxylic acids is 1. The number of carboxylic acids is 2. The van der Waals surface area contributed by atoms with E-state index in [2.05, 4.69) is 10.6 Å². The van der Waals surface area contributed by atoms with E-state index >= 15 is 0 Å². The van der Waals surface area contributed by atoms with Gasteiger partial charge in [0.2, 0.25) is 5.91 Å². The Kier molecular flexibility index (Phi) is 13.6. The maximum atomic E-state index is 13.9. The van der Waals surface area contributed by atoms with E-state index in [9.17, 15) is 24.0 Å². The van der Waals surface area contributed by atoms with Gasteiger partial charge in [-0.3, -0.25) is 19.2 Å². The third-order valence-corrected chi connectivity index (χ3v) is 11.0. The van der Waals surface area contributed by atoms with Crippen LogP contribution in [0, 0.1) is 0 Å². The van der Waals surface area contributed by atoms with Gasteiger partial charge in [0.25, 0.3) is 11.8 Å². The molecule has 1 heterocycles. The zero-order chi connectivity index (χ0) is 37.9. The van der Waals surface area contributed by atoms with Crippen LogP contribution < -0.4 is 10.6 Å². The van der Waals surface area contributed by atoms with Gasteiger partial charge in [0, 0.05) is 35.1 Å². The topological polar surface area (TPSA) is 153 Å². The number of hydrogen-bond acceptors (Lipinski definition) is 6. The van der Waals surface area contributed by atoms with Crippen molar-refractivity contribution in [3.8, 4) is 0 Å². The van der Waals surface area contributed by atoms with Gasteiger partial charge in [-0.25, -0.2) is 4.79 Å². The fourth-order valence-electron chi connectivity index (χ4n) is 6.84. The minimum Gasteiger partial charge on any atom is -0.481 e. The van der Waals surface area contributed by atoms with Gasteiger partial charge in [0.15, 0.2) is 0 Å². The van der Waals surface area contributed by atoms with Gasteiger partial charge in [-0.15, -0.1) is 11.3 Å². The summed E-state index contributed by atoms with van der Waals surface area (Å²) in [7, 11) is 0. The molecule has 0 unspecified atom stereocenters. The van der Waals surface area contributed by atoms with Crippen LogP contribution in [0.4, 0.5) is 10.7 Å². The molecule has 0 saturated carbocycles. The van der Waals surface area contributed by atoms with Crippen LogP contribution in [0.3, 0.4) is 0 Å². The molecule has 0 radical (unpaired) electrons. The summed E-state index contributed by atoms with van der Waals surface area (Å²) < 4.78 is 0. The standard InChI is InChI=1S/C42H47N3O7S/c1-3-33(4-2)45(36(46)23-24-37(47)48)26-29-11-8-12-31(25-29)39(49)44-41-38(34-13-5-6-14-35(34)53-41)40(50)43-32-21-17-28(18-22-32)10-7-9-27-15-19-30(20-16-27)42(51)52/h8,11-12,15-22,25,33H,3-7,9-10,13-14,23-24,26H2,1-2H3,(H,43,50)(H,44,49)(H,47,48)(H,51,52). The lowest BCUT2D eigenvalue weighted by atomic mass is 9.95. The largest absolute Gasteiger partial charge is 0.481 e. The quantitative estimate of drug-likeness (QED) is 0.0849. The maximum absolute atomic E-state index is 13.9. The zero-order valence-corrected chi connectivity index (χ0v) is 31.1. The highest BCUT2D eigenvalue weighted by atomic mass is 32.1. The van der Waals surface area contributed by atoms with E-state index in [1.165, 1.54) is 11.3 Å². The van der Waals surface area contributed by atoms with Gasteiger partial charge in [-0.2, -0.15) is 0 Å². The SMILES string of the molecule is CCC(CC)N(Cc1cccc(C(=O)Nc2sc3c(c2C(=O)Nc2ccc(CCCc4ccc(C(=O)O)cc4)cc2)CCCC3)c1)C(=O)CCC(=O)O. The molecule has 0 bridgehead atoms. The Morgan fingerprint density at radius 2 is 1.42 bits per heavy atom. The van der Waals surface area contributed by atoms with Gasteiger partial charge in [-0.1, -0.05) is 50.2 Å². The second-order valence-electron chi connectivity index (χ2n) is 13.5. The van der Waals surface area contributed by atoms with Crippen LogP contribution in [0.1, 0.15) is 117 Å². The minimum absolute atomic E-state index is 0.0553. The number of benzene rings is 3. The number of aromatic carboxylic acids is 1. The van der Waals surface area contributed by atoms with Gasteiger partial charge in [0.05, 0.1) is 17.5 Å². The van der Waals surface area contributed by atoms with Crippen LogP contribution in [-0.4, -0.2) is 50.8 Å². The fraction of sp³-hybridized carbons (Fsp3) is 0.357. The maximum Gasteiger partial charge on any atom is 0.335 e. The molecule has 3 aromatic carbocycles. The molecule has 53 heavy (non-hydrogen) atoms. The van der Waals surface area contributed by atoms with E-state index < -0.39 is 11.9 Å². The molecule has 5 rings (SSSR count). The number of carbonyl (C=O) groups excluding carboxylic acids is 3. The molecule has 0 aliphatic heterocycles. The molecule has 1 aromatic heterocycles. The lowest BCUT2D eigenvalue weighted by molar-refractivity contribution is -0.142. The van der Waals surface area contributed by atoms with E-state index in [4.69, 9.17) is 10.2 Å². The van der Waals surface area contributed by atoms with Gasteiger partial charge < -0.3 is 25.7 Å². The summed E-state index contributed by atoms with van der Waals surface area (Å²) in [6, 6.07) is 21.7. The third-order valence-electron chi connectivity index (χ3n) is 9.77. The molecule has 3 amide bonds. The molecule has 11 heteroatoms. The average Bonchev–Trinajstić information content (AvgIpc) is 3.52. The Hall–Kier alpha value is -5.29. The Labute approximate surface area is 314 Å². The van der Waals surface area contributed by atoms with Crippen molar-refractivity contribution in [2.45, 2.75) is 97.1 Å². The first-order valence-corrected chi connectivity index (χ1v) is 19.2. The van der Waals surface area contributed by atoms with Crippen LogP contribution in [0.2, 0.25) is 0 Å². The highest BCUT2D eigenvalue weighted by molar-refractivity contribution is 7.17. The number of carbonyl (C=O) groups is 5. The van der Waals surface area contributed by atoms with Crippen molar-refractivity contribution >= 4 is 51.7 Å². The monoisotopic (exact) mass is 737 g/mol.